The summed E-state index contributed by atoms with van der Waals surface area (Å²) in [6.07, 6.45) is 3.69. The Morgan fingerprint density at radius 3 is 1.78 bits per heavy atom. The number of hydrogen-bond donors (Lipinski definition) is 0. The lowest BCUT2D eigenvalue weighted by Gasteiger charge is -2.08. The van der Waals surface area contributed by atoms with E-state index < -0.39 is 12.2 Å². The number of halogens is 2. The molecule has 1 aromatic rings. The second-order valence-electron chi connectivity index (χ2n) is 5.43. The first-order valence-corrected chi connectivity index (χ1v) is 7.20. The van der Waals surface area contributed by atoms with Crippen molar-refractivity contribution in [2.24, 2.45) is 7.05 Å². The molecule has 0 bridgehead atoms. The number of aromatic nitrogens is 3. The third kappa shape index (κ3) is 3.08. The fraction of sp³-hybridized carbons (Fsp3) is 0.571. The number of amides is 2. The summed E-state index contributed by atoms with van der Waals surface area (Å²) in [6.45, 7) is -1.45. The van der Waals surface area contributed by atoms with Gasteiger partial charge in [0.05, 0.1) is 0 Å². The van der Waals surface area contributed by atoms with Gasteiger partial charge in [0.2, 0.25) is 0 Å². The molecule has 0 spiro atoms. The number of carbonyl (C=O) groups is 2. The molecule has 3 rings (SSSR count). The topological polar surface area (TPSA) is 77.2 Å². The highest BCUT2D eigenvalue weighted by Gasteiger charge is 2.36. The van der Waals surface area contributed by atoms with Gasteiger partial charge in [-0.25, -0.2) is 14.0 Å². The smallest absolute Gasteiger partial charge is 0.278 e. The zero-order valence-corrected chi connectivity index (χ0v) is 13.2. The standard InChI is InChI=1S/C9H11NO2.C5H7F2N3O/c1-10-8(11)6-4-2-3-5-7(6)9(10)12;1-3-8-9(2)5(11)10(3)4(6)7/h2-5H2,1H3;4H,1-2H3. The number of carbonyl (C=O) groups excluding carboxylic acids is 2. The molecule has 0 N–H and O–H groups in total. The fourth-order valence-electron chi connectivity index (χ4n) is 2.70. The number of imide groups is 1. The minimum absolute atomic E-state index is 0.0208. The molecule has 2 heterocycles. The Kier molecular flexibility index (Phi) is 4.76. The van der Waals surface area contributed by atoms with Gasteiger partial charge < -0.3 is 0 Å². The molecule has 0 atom stereocenters. The van der Waals surface area contributed by atoms with E-state index in [1.54, 1.807) is 7.05 Å². The minimum atomic E-state index is -2.81. The van der Waals surface area contributed by atoms with E-state index in [1.165, 1.54) is 18.9 Å². The third-order valence-corrected chi connectivity index (χ3v) is 3.91. The van der Waals surface area contributed by atoms with Crippen LogP contribution in [0.2, 0.25) is 0 Å². The summed E-state index contributed by atoms with van der Waals surface area (Å²) in [5.74, 6) is -0.128. The summed E-state index contributed by atoms with van der Waals surface area (Å²) < 4.78 is 25.2. The van der Waals surface area contributed by atoms with Gasteiger partial charge in [-0.05, 0) is 32.6 Å². The molecule has 1 aromatic heterocycles. The Bertz CT molecular complexity index is 705. The number of hydrogen-bond acceptors (Lipinski definition) is 4. The van der Waals surface area contributed by atoms with Crippen LogP contribution in [-0.2, 0) is 16.6 Å². The van der Waals surface area contributed by atoms with Gasteiger partial charge in [0, 0.05) is 25.2 Å². The normalized spacial score (nSPS) is 17.6. The molecule has 2 aliphatic rings. The van der Waals surface area contributed by atoms with Crippen LogP contribution >= 0.6 is 0 Å². The van der Waals surface area contributed by atoms with E-state index in [-0.39, 0.29) is 17.6 Å². The zero-order chi connectivity index (χ0) is 17.3. The first kappa shape index (κ1) is 17.0. The molecule has 0 unspecified atom stereocenters. The van der Waals surface area contributed by atoms with E-state index in [0.29, 0.717) is 4.57 Å². The van der Waals surface area contributed by atoms with Crippen LogP contribution in [-0.4, -0.2) is 38.1 Å². The van der Waals surface area contributed by atoms with Crippen molar-refractivity contribution in [2.45, 2.75) is 39.2 Å². The number of alkyl halides is 2. The van der Waals surface area contributed by atoms with Crippen molar-refractivity contribution in [1.29, 1.82) is 0 Å². The highest BCUT2D eigenvalue weighted by atomic mass is 19.3. The van der Waals surface area contributed by atoms with Crippen molar-refractivity contribution >= 4 is 11.8 Å². The van der Waals surface area contributed by atoms with Crippen LogP contribution in [0.25, 0.3) is 0 Å². The lowest BCUT2D eigenvalue weighted by Crippen LogP contribution is -2.26. The largest absolute Gasteiger partial charge is 0.350 e. The molecule has 0 fully saturated rings. The molecule has 23 heavy (non-hydrogen) atoms. The Hall–Kier alpha value is -2.32. The number of rotatable bonds is 1. The molecule has 0 radical (unpaired) electrons. The second-order valence-corrected chi connectivity index (χ2v) is 5.43. The van der Waals surface area contributed by atoms with Gasteiger partial charge >= 0.3 is 12.2 Å². The molecular formula is C14H18F2N4O3. The summed E-state index contributed by atoms with van der Waals surface area (Å²) in [4.78, 5) is 34.8. The Labute approximate surface area is 131 Å². The fourth-order valence-corrected chi connectivity index (χ4v) is 2.70. The molecule has 0 aromatic carbocycles. The lowest BCUT2D eigenvalue weighted by molar-refractivity contribution is -0.135. The van der Waals surface area contributed by atoms with E-state index in [2.05, 4.69) is 5.10 Å². The maximum Gasteiger partial charge on any atom is 0.350 e. The van der Waals surface area contributed by atoms with Crippen LogP contribution in [0.4, 0.5) is 8.78 Å². The highest BCUT2D eigenvalue weighted by Crippen LogP contribution is 2.31. The van der Waals surface area contributed by atoms with Gasteiger partial charge in [-0.15, -0.1) is 0 Å². The van der Waals surface area contributed by atoms with Gasteiger partial charge in [0.25, 0.3) is 11.8 Å². The van der Waals surface area contributed by atoms with Crippen LogP contribution in [0, 0.1) is 6.92 Å². The SMILES string of the molecule is CN1C(=O)C2=C(CCCC2)C1=O.Cc1nn(C)c(=O)n1C(F)F. The van der Waals surface area contributed by atoms with Crippen LogP contribution in [0.1, 0.15) is 38.1 Å². The maximum atomic E-state index is 12.0. The Morgan fingerprint density at radius 2 is 1.48 bits per heavy atom. The number of likely N-dealkylation sites (N-methyl/N-ethyl adjacent to an activating group) is 1. The van der Waals surface area contributed by atoms with E-state index in [0.717, 1.165) is 41.5 Å². The van der Waals surface area contributed by atoms with Gasteiger partial charge in [0.1, 0.15) is 5.82 Å². The third-order valence-electron chi connectivity index (χ3n) is 3.91. The van der Waals surface area contributed by atoms with Gasteiger partial charge in [-0.3, -0.25) is 14.5 Å². The molecular weight excluding hydrogens is 310 g/mol. The van der Waals surface area contributed by atoms with E-state index in [4.69, 9.17) is 0 Å². The first-order valence-electron chi connectivity index (χ1n) is 7.20. The molecule has 1 aliphatic heterocycles. The summed E-state index contributed by atoms with van der Waals surface area (Å²) >= 11 is 0. The molecule has 1 aliphatic carbocycles. The van der Waals surface area contributed by atoms with Crippen LogP contribution in [0.3, 0.4) is 0 Å². The number of nitrogens with zero attached hydrogens (tertiary/aromatic N) is 4. The average Bonchev–Trinajstić information content (AvgIpc) is 2.89. The lowest BCUT2D eigenvalue weighted by atomic mass is 9.93. The Morgan fingerprint density at radius 1 is 1.00 bits per heavy atom. The molecule has 9 heteroatoms. The Balaban J connectivity index is 0.000000168. The zero-order valence-electron chi connectivity index (χ0n) is 13.2. The van der Waals surface area contributed by atoms with Crippen molar-refractivity contribution in [3.63, 3.8) is 0 Å². The van der Waals surface area contributed by atoms with Crippen LogP contribution < -0.4 is 5.69 Å². The maximum absolute atomic E-state index is 12.0. The minimum Gasteiger partial charge on any atom is -0.278 e. The predicted molar refractivity (Wildman–Crippen MR) is 76.7 cm³/mol. The van der Waals surface area contributed by atoms with Crippen molar-refractivity contribution in [2.75, 3.05) is 7.05 Å². The van der Waals surface area contributed by atoms with E-state index >= 15 is 0 Å². The molecule has 0 saturated heterocycles. The molecule has 0 saturated carbocycles. The monoisotopic (exact) mass is 328 g/mol. The predicted octanol–water partition coefficient (Wildman–Crippen LogP) is 1.14. The second kappa shape index (κ2) is 6.43. The van der Waals surface area contributed by atoms with Gasteiger partial charge in [-0.1, -0.05) is 0 Å². The number of aryl methyl sites for hydroxylation is 2. The molecule has 7 nitrogen and oxygen atoms in total. The average molecular weight is 328 g/mol. The highest BCUT2D eigenvalue weighted by molar-refractivity contribution is 6.19. The summed E-state index contributed by atoms with van der Waals surface area (Å²) in [5, 5.41) is 3.52. The van der Waals surface area contributed by atoms with Gasteiger partial charge in [0.15, 0.2) is 0 Å². The summed E-state index contributed by atoms with van der Waals surface area (Å²) in [6, 6.07) is 0. The van der Waals surface area contributed by atoms with Crippen molar-refractivity contribution in [1.82, 2.24) is 19.2 Å². The summed E-state index contributed by atoms with van der Waals surface area (Å²) in [7, 11) is 2.89. The molecule has 126 valence electrons. The van der Waals surface area contributed by atoms with Crippen LogP contribution in [0.5, 0.6) is 0 Å². The van der Waals surface area contributed by atoms with Crippen molar-refractivity contribution in [3.05, 3.63) is 27.5 Å². The van der Waals surface area contributed by atoms with Crippen molar-refractivity contribution < 1.29 is 18.4 Å². The van der Waals surface area contributed by atoms with E-state index in [9.17, 15) is 23.2 Å². The first-order chi connectivity index (χ1) is 10.8. The van der Waals surface area contributed by atoms with Crippen LogP contribution in [0.15, 0.2) is 15.9 Å². The quantitative estimate of drug-likeness (QED) is 0.724. The van der Waals surface area contributed by atoms with Gasteiger partial charge in [-0.2, -0.15) is 13.9 Å². The van der Waals surface area contributed by atoms with E-state index in [1.807, 2.05) is 0 Å². The van der Waals surface area contributed by atoms with Crippen molar-refractivity contribution in [3.8, 4) is 0 Å². The summed E-state index contributed by atoms with van der Waals surface area (Å²) in [5.41, 5.74) is 0.750. The molecule has 2 amide bonds.